The third-order valence-corrected chi connectivity index (χ3v) is 2.71. The van der Waals surface area contributed by atoms with Crippen LogP contribution in [0.1, 0.15) is 22.6 Å². The van der Waals surface area contributed by atoms with Crippen LogP contribution in [-0.2, 0) is 6.42 Å². The third-order valence-electron chi connectivity index (χ3n) is 0.815. The fourth-order valence-corrected chi connectivity index (χ4v) is 1.83. The van der Waals surface area contributed by atoms with Gasteiger partial charge in [-0.25, -0.2) is 0 Å². The second-order valence-corrected chi connectivity index (χ2v) is 4.26. The SMILES string of the molecule is [2H]c1c(C)[se]c(CC([2H])([2H])[2H])c1[2H]. The first-order valence-corrected chi connectivity index (χ1v) is 4.08. The van der Waals surface area contributed by atoms with E-state index >= 15 is 0 Å². The third kappa shape index (κ3) is 1.24. The maximum absolute atomic E-state index is 7.51. The van der Waals surface area contributed by atoms with Gasteiger partial charge in [-0.15, -0.1) is 0 Å². The van der Waals surface area contributed by atoms with Gasteiger partial charge < -0.3 is 0 Å². The molecule has 0 saturated carbocycles. The van der Waals surface area contributed by atoms with Crippen LogP contribution in [0.2, 0.25) is 0 Å². The van der Waals surface area contributed by atoms with E-state index in [2.05, 4.69) is 0 Å². The molecule has 0 aliphatic heterocycles. The van der Waals surface area contributed by atoms with E-state index in [9.17, 15) is 0 Å². The van der Waals surface area contributed by atoms with E-state index in [1.807, 2.05) is 0 Å². The molecular formula is C7H10Se. The summed E-state index contributed by atoms with van der Waals surface area (Å²) in [5.74, 6) is 0. The first kappa shape index (κ1) is 2.32. The van der Waals surface area contributed by atoms with E-state index < -0.39 is 6.85 Å². The topological polar surface area (TPSA) is 0 Å². The van der Waals surface area contributed by atoms with Crippen molar-refractivity contribution in [2.75, 3.05) is 0 Å². The van der Waals surface area contributed by atoms with E-state index in [1.54, 1.807) is 6.92 Å². The molecule has 44 valence electrons. The maximum atomic E-state index is 7.51. The number of hydrogen-bond acceptors (Lipinski definition) is 0. The van der Waals surface area contributed by atoms with E-state index in [-0.39, 0.29) is 33.0 Å². The number of aryl methyl sites for hydroxylation is 2. The van der Waals surface area contributed by atoms with Crippen molar-refractivity contribution in [3.63, 3.8) is 0 Å². The summed E-state index contributed by atoms with van der Waals surface area (Å²) in [6.45, 7) is -0.211. The van der Waals surface area contributed by atoms with Gasteiger partial charge in [-0.1, -0.05) is 0 Å². The zero-order valence-corrected chi connectivity index (χ0v) is 6.33. The second kappa shape index (κ2) is 2.52. The zero-order chi connectivity index (χ0) is 10.2. The van der Waals surface area contributed by atoms with Crippen molar-refractivity contribution < 1.29 is 6.85 Å². The summed E-state index contributed by atoms with van der Waals surface area (Å²) in [6, 6.07) is 0.355. The van der Waals surface area contributed by atoms with Crippen molar-refractivity contribution in [2.45, 2.75) is 20.2 Å². The van der Waals surface area contributed by atoms with Crippen molar-refractivity contribution >= 4 is 14.5 Å². The van der Waals surface area contributed by atoms with Gasteiger partial charge in [0.05, 0.1) is 0 Å². The minimum absolute atomic E-state index is 0.0362. The molecule has 8 heavy (non-hydrogen) atoms. The Morgan fingerprint density at radius 2 is 2.75 bits per heavy atom. The van der Waals surface area contributed by atoms with Gasteiger partial charge in [-0.05, 0) is 0 Å². The molecule has 0 saturated heterocycles. The summed E-state index contributed by atoms with van der Waals surface area (Å²) in [5.41, 5.74) is 0. The molecule has 1 heterocycles. The normalized spacial score (nSPS) is 20.4. The van der Waals surface area contributed by atoms with Crippen LogP contribution in [-0.4, -0.2) is 14.5 Å². The minimum atomic E-state index is -2.01. The second-order valence-electron chi connectivity index (χ2n) is 1.51. The van der Waals surface area contributed by atoms with E-state index in [0.29, 0.717) is 4.44 Å². The molecule has 0 nitrogen and oxygen atoms in total. The van der Waals surface area contributed by atoms with Crippen LogP contribution in [0.5, 0.6) is 0 Å². The fraction of sp³-hybridized carbons (Fsp3) is 0.429. The van der Waals surface area contributed by atoms with Crippen LogP contribution in [0.15, 0.2) is 12.1 Å². The molecule has 0 bridgehead atoms. The van der Waals surface area contributed by atoms with Crippen LogP contribution in [0.3, 0.4) is 0 Å². The van der Waals surface area contributed by atoms with Gasteiger partial charge in [0.15, 0.2) is 0 Å². The molecule has 0 spiro atoms. The molecule has 0 aliphatic rings. The van der Waals surface area contributed by atoms with Gasteiger partial charge in [0.2, 0.25) is 0 Å². The summed E-state index contributed by atoms with van der Waals surface area (Å²) < 4.78 is 37.6. The van der Waals surface area contributed by atoms with E-state index in [0.717, 1.165) is 4.44 Å². The molecule has 0 fully saturated rings. The first-order valence-electron chi connectivity index (χ1n) is 4.87. The summed E-state index contributed by atoms with van der Waals surface area (Å²) >= 11 is -0.0808. The van der Waals surface area contributed by atoms with Gasteiger partial charge >= 0.3 is 62.5 Å². The Morgan fingerprint density at radius 3 is 3.25 bits per heavy atom. The molecular weight excluding hydrogens is 163 g/mol. The Balaban J connectivity index is 2.97. The molecule has 1 heteroatoms. The molecule has 0 amide bonds. The van der Waals surface area contributed by atoms with Gasteiger partial charge in [0.1, 0.15) is 0 Å². The Labute approximate surface area is 63.3 Å². The van der Waals surface area contributed by atoms with Crippen molar-refractivity contribution in [3.05, 3.63) is 21.0 Å². The van der Waals surface area contributed by atoms with Gasteiger partial charge in [0, 0.05) is 0 Å². The Kier molecular flexibility index (Phi) is 0.730. The van der Waals surface area contributed by atoms with Crippen LogP contribution in [0.4, 0.5) is 0 Å². The quantitative estimate of drug-likeness (QED) is 0.573. The molecule has 0 aliphatic carbocycles. The van der Waals surface area contributed by atoms with Gasteiger partial charge in [-0.3, -0.25) is 0 Å². The number of hydrogen-bond donors (Lipinski definition) is 0. The van der Waals surface area contributed by atoms with Crippen LogP contribution >= 0.6 is 0 Å². The molecule has 0 N–H and O–H groups in total. The van der Waals surface area contributed by atoms with Gasteiger partial charge in [0.25, 0.3) is 0 Å². The van der Waals surface area contributed by atoms with Crippen molar-refractivity contribution in [1.29, 1.82) is 0 Å². The Morgan fingerprint density at radius 1 is 1.88 bits per heavy atom. The zero-order valence-electron chi connectivity index (χ0n) is 9.62. The van der Waals surface area contributed by atoms with Crippen molar-refractivity contribution in [1.82, 2.24) is 0 Å². The molecule has 1 aromatic heterocycles. The average molecular weight is 178 g/mol. The number of rotatable bonds is 1. The monoisotopic (exact) mass is 179 g/mol. The van der Waals surface area contributed by atoms with E-state index in [1.165, 1.54) is 0 Å². The predicted octanol–water partition coefficient (Wildman–Crippen LogP) is 1.61. The Hall–Kier alpha value is -0.000519. The van der Waals surface area contributed by atoms with Crippen LogP contribution in [0, 0.1) is 6.92 Å². The van der Waals surface area contributed by atoms with E-state index in [4.69, 9.17) is 6.85 Å². The first-order chi connectivity index (χ1) is 5.81. The van der Waals surface area contributed by atoms with Crippen molar-refractivity contribution in [3.8, 4) is 0 Å². The predicted molar refractivity (Wildman–Crippen MR) is 37.5 cm³/mol. The van der Waals surface area contributed by atoms with Crippen LogP contribution < -0.4 is 0 Å². The molecule has 1 aromatic rings. The Bertz CT molecular complexity index is 311. The summed E-state index contributed by atoms with van der Waals surface area (Å²) in [7, 11) is 0. The van der Waals surface area contributed by atoms with Crippen LogP contribution in [0.25, 0.3) is 0 Å². The average Bonchev–Trinajstić information content (AvgIpc) is 2.15. The van der Waals surface area contributed by atoms with Crippen molar-refractivity contribution in [2.24, 2.45) is 0 Å². The molecule has 1 rings (SSSR count). The molecule has 0 radical (unpaired) electrons. The molecule has 0 atom stereocenters. The summed E-state index contributed by atoms with van der Waals surface area (Å²) in [4.78, 5) is 0. The summed E-state index contributed by atoms with van der Waals surface area (Å²) in [6.07, 6.45) is -0.0362. The molecule has 0 aromatic carbocycles. The standard InChI is InChI=1S/C7H10Se/c1-3-7-5-4-6(2)8-7/h4-5H,3H2,1-2H3/i1D3,4D,5D. The van der Waals surface area contributed by atoms with Gasteiger partial charge in [-0.2, -0.15) is 0 Å². The fourth-order valence-electron chi connectivity index (χ4n) is 0.474. The molecule has 0 unspecified atom stereocenters. The summed E-state index contributed by atoms with van der Waals surface area (Å²) in [5, 5.41) is 0.